The van der Waals surface area contributed by atoms with Crippen molar-refractivity contribution >= 4 is 32.9 Å². The summed E-state index contributed by atoms with van der Waals surface area (Å²) in [6.45, 7) is 2.69. The van der Waals surface area contributed by atoms with Gasteiger partial charge in [-0.15, -0.1) is 0 Å². The maximum atomic E-state index is 11.3. The summed E-state index contributed by atoms with van der Waals surface area (Å²) in [5.74, 6) is 1.11. The molecular weight excluding hydrogens is 322 g/mol. The molecule has 1 aromatic carbocycles. The Morgan fingerprint density at radius 1 is 1.55 bits per heavy atom. The van der Waals surface area contributed by atoms with Gasteiger partial charge in [-0.3, -0.25) is 4.79 Å². The number of aryl methyl sites for hydroxylation is 1. The Balaban J connectivity index is 1.90. The van der Waals surface area contributed by atoms with Gasteiger partial charge in [0.2, 0.25) is 5.91 Å². The molecule has 20 heavy (non-hydrogen) atoms. The molecule has 0 unspecified atom stereocenters. The molecule has 3 rings (SSSR count). The van der Waals surface area contributed by atoms with Crippen molar-refractivity contribution in [2.24, 2.45) is 13.0 Å². The van der Waals surface area contributed by atoms with E-state index in [1.807, 2.05) is 30.7 Å². The van der Waals surface area contributed by atoms with Crippen molar-refractivity contribution in [1.82, 2.24) is 14.9 Å². The molecule has 0 saturated carbocycles. The minimum Gasteiger partial charge on any atom is -0.488 e. The Kier molecular flexibility index (Phi) is 3.41. The van der Waals surface area contributed by atoms with Crippen LogP contribution in [0.1, 0.15) is 13.3 Å². The molecule has 1 aliphatic heterocycles. The minimum absolute atomic E-state index is 0.0265. The highest BCUT2D eigenvalue weighted by Gasteiger charge is 2.28. The SMILES string of the molecule is C[C@@H](Oc1cc(Br)cc2ncn(C)c12)[C@H]1CNC(=O)C1. The molecule has 2 aromatic rings. The molecule has 1 amide bonds. The molecule has 0 bridgehead atoms. The average molecular weight is 338 g/mol. The number of hydrogen-bond donors (Lipinski definition) is 1. The van der Waals surface area contributed by atoms with Crippen LogP contribution in [0.25, 0.3) is 11.0 Å². The van der Waals surface area contributed by atoms with E-state index in [4.69, 9.17) is 4.74 Å². The van der Waals surface area contributed by atoms with Crippen LogP contribution >= 0.6 is 15.9 Å². The second kappa shape index (κ2) is 5.09. The molecule has 1 aliphatic rings. The van der Waals surface area contributed by atoms with Crippen molar-refractivity contribution in [2.75, 3.05) is 6.54 Å². The van der Waals surface area contributed by atoms with Crippen LogP contribution < -0.4 is 10.1 Å². The number of nitrogens with zero attached hydrogens (tertiary/aromatic N) is 2. The first-order valence-corrected chi connectivity index (χ1v) is 7.38. The fourth-order valence-corrected chi connectivity index (χ4v) is 2.99. The lowest BCUT2D eigenvalue weighted by Crippen LogP contribution is -2.25. The van der Waals surface area contributed by atoms with Gasteiger partial charge >= 0.3 is 0 Å². The van der Waals surface area contributed by atoms with E-state index in [2.05, 4.69) is 26.2 Å². The topological polar surface area (TPSA) is 56.1 Å². The van der Waals surface area contributed by atoms with Gasteiger partial charge in [0, 0.05) is 30.4 Å². The van der Waals surface area contributed by atoms with Gasteiger partial charge < -0.3 is 14.6 Å². The van der Waals surface area contributed by atoms with Crippen molar-refractivity contribution in [3.63, 3.8) is 0 Å². The Morgan fingerprint density at radius 2 is 2.35 bits per heavy atom. The summed E-state index contributed by atoms with van der Waals surface area (Å²) in [7, 11) is 1.95. The van der Waals surface area contributed by atoms with Gasteiger partial charge in [0.05, 0.1) is 11.8 Å². The second-order valence-electron chi connectivity index (χ2n) is 5.22. The number of carbonyl (C=O) groups excluding carboxylic acids is 1. The Hall–Kier alpha value is -1.56. The molecule has 0 spiro atoms. The fourth-order valence-electron chi connectivity index (χ4n) is 2.57. The number of hydrogen-bond acceptors (Lipinski definition) is 3. The summed E-state index contributed by atoms with van der Waals surface area (Å²) < 4.78 is 8.98. The van der Waals surface area contributed by atoms with Crippen molar-refractivity contribution in [3.8, 4) is 5.75 Å². The monoisotopic (exact) mass is 337 g/mol. The predicted octanol–water partition coefficient (Wildman–Crippen LogP) is 2.24. The van der Waals surface area contributed by atoms with Crippen molar-refractivity contribution in [1.29, 1.82) is 0 Å². The lowest BCUT2D eigenvalue weighted by Gasteiger charge is -2.20. The van der Waals surface area contributed by atoms with E-state index >= 15 is 0 Å². The smallest absolute Gasteiger partial charge is 0.220 e. The molecule has 5 nitrogen and oxygen atoms in total. The van der Waals surface area contributed by atoms with Gasteiger partial charge in [0.1, 0.15) is 17.4 Å². The highest BCUT2D eigenvalue weighted by molar-refractivity contribution is 9.10. The van der Waals surface area contributed by atoms with E-state index in [1.54, 1.807) is 6.33 Å². The summed E-state index contributed by atoms with van der Waals surface area (Å²) in [5, 5.41) is 2.85. The highest BCUT2D eigenvalue weighted by atomic mass is 79.9. The number of imidazole rings is 1. The minimum atomic E-state index is -0.0265. The van der Waals surface area contributed by atoms with Crippen LogP contribution in [0.2, 0.25) is 0 Å². The van der Waals surface area contributed by atoms with Crippen LogP contribution in [0.15, 0.2) is 22.9 Å². The predicted molar refractivity (Wildman–Crippen MR) is 79.6 cm³/mol. The molecule has 106 valence electrons. The zero-order chi connectivity index (χ0) is 14.3. The number of ether oxygens (including phenoxy) is 1. The summed E-state index contributed by atoms with van der Waals surface area (Å²) in [6, 6.07) is 3.91. The first-order valence-electron chi connectivity index (χ1n) is 6.58. The Morgan fingerprint density at radius 3 is 3.05 bits per heavy atom. The molecule has 0 radical (unpaired) electrons. The number of carbonyl (C=O) groups is 1. The van der Waals surface area contributed by atoms with E-state index in [0.29, 0.717) is 13.0 Å². The molecule has 1 aromatic heterocycles. The molecule has 1 saturated heterocycles. The normalized spacial score (nSPS) is 20.1. The van der Waals surface area contributed by atoms with Crippen LogP contribution in [0, 0.1) is 5.92 Å². The van der Waals surface area contributed by atoms with E-state index < -0.39 is 0 Å². The zero-order valence-electron chi connectivity index (χ0n) is 11.4. The number of aromatic nitrogens is 2. The number of nitrogens with one attached hydrogen (secondary N) is 1. The number of halogens is 1. The van der Waals surface area contributed by atoms with Crippen molar-refractivity contribution < 1.29 is 9.53 Å². The maximum Gasteiger partial charge on any atom is 0.220 e. The van der Waals surface area contributed by atoms with Gasteiger partial charge in [0.25, 0.3) is 0 Å². The van der Waals surface area contributed by atoms with Crippen LogP contribution in [0.4, 0.5) is 0 Å². The van der Waals surface area contributed by atoms with E-state index in [9.17, 15) is 4.79 Å². The molecule has 2 heterocycles. The zero-order valence-corrected chi connectivity index (χ0v) is 13.0. The Bertz CT molecular complexity index is 668. The third kappa shape index (κ3) is 2.40. The summed E-state index contributed by atoms with van der Waals surface area (Å²) >= 11 is 3.48. The lowest BCUT2D eigenvalue weighted by molar-refractivity contribution is -0.119. The number of fused-ring (bicyclic) bond motifs is 1. The quantitative estimate of drug-likeness (QED) is 0.934. The van der Waals surface area contributed by atoms with Crippen LogP contribution in [0.3, 0.4) is 0 Å². The van der Waals surface area contributed by atoms with Gasteiger partial charge in [-0.2, -0.15) is 0 Å². The van der Waals surface area contributed by atoms with Gasteiger partial charge in [-0.25, -0.2) is 4.98 Å². The highest BCUT2D eigenvalue weighted by Crippen LogP contribution is 2.31. The van der Waals surface area contributed by atoms with Crippen LogP contribution in [0.5, 0.6) is 5.75 Å². The van der Waals surface area contributed by atoms with E-state index in [0.717, 1.165) is 21.3 Å². The molecule has 1 fully saturated rings. The largest absolute Gasteiger partial charge is 0.488 e. The van der Waals surface area contributed by atoms with Gasteiger partial charge in [-0.1, -0.05) is 15.9 Å². The van der Waals surface area contributed by atoms with E-state index in [-0.39, 0.29) is 17.9 Å². The van der Waals surface area contributed by atoms with E-state index in [1.165, 1.54) is 0 Å². The number of rotatable bonds is 3. The van der Waals surface area contributed by atoms with Gasteiger partial charge in [0.15, 0.2) is 0 Å². The summed E-state index contributed by atoms with van der Waals surface area (Å²) in [6.07, 6.45) is 2.28. The third-order valence-corrected chi connectivity index (χ3v) is 4.19. The maximum absolute atomic E-state index is 11.3. The first kappa shape index (κ1) is 13.4. The Labute approximate surface area is 125 Å². The molecular formula is C14H16BrN3O2. The average Bonchev–Trinajstić information content (AvgIpc) is 2.96. The third-order valence-electron chi connectivity index (χ3n) is 3.73. The van der Waals surface area contributed by atoms with Crippen LogP contribution in [-0.4, -0.2) is 28.1 Å². The summed E-state index contributed by atoms with van der Waals surface area (Å²) in [5.41, 5.74) is 1.86. The molecule has 1 N–H and O–H groups in total. The number of benzene rings is 1. The second-order valence-corrected chi connectivity index (χ2v) is 6.13. The molecule has 6 heteroatoms. The first-order chi connectivity index (χ1) is 9.54. The van der Waals surface area contributed by atoms with Gasteiger partial charge in [-0.05, 0) is 19.1 Å². The summed E-state index contributed by atoms with van der Waals surface area (Å²) in [4.78, 5) is 15.6. The number of amides is 1. The molecule has 0 aliphatic carbocycles. The van der Waals surface area contributed by atoms with Crippen molar-refractivity contribution in [2.45, 2.75) is 19.4 Å². The fraction of sp³-hybridized carbons (Fsp3) is 0.429. The lowest BCUT2D eigenvalue weighted by atomic mass is 10.0. The van der Waals surface area contributed by atoms with Crippen molar-refractivity contribution in [3.05, 3.63) is 22.9 Å². The van der Waals surface area contributed by atoms with Crippen LogP contribution in [-0.2, 0) is 11.8 Å². The standard InChI is InChI=1S/C14H16BrN3O2/c1-8(9-3-13(19)16-6-9)20-12-5-10(15)4-11-14(12)18(2)7-17-11/h4-5,7-9H,3,6H2,1-2H3,(H,16,19)/t8-,9-/m1/s1. The molecule has 2 atom stereocenters.